The molecule has 0 aromatic carbocycles. The van der Waals surface area contributed by atoms with Gasteiger partial charge in [-0.05, 0) is 19.1 Å². The van der Waals surface area contributed by atoms with Crippen LogP contribution in [0.25, 0.3) is 0 Å². The van der Waals surface area contributed by atoms with Crippen LogP contribution < -0.4 is 15.8 Å². The van der Waals surface area contributed by atoms with E-state index in [0.29, 0.717) is 31.7 Å². The highest BCUT2D eigenvalue weighted by Crippen LogP contribution is 2.16. The van der Waals surface area contributed by atoms with Crippen LogP contribution in [0.15, 0.2) is 29.3 Å². The maximum atomic E-state index is 12.9. The second-order valence-electron chi connectivity index (χ2n) is 7.96. The fourth-order valence-electron chi connectivity index (χ4n) is 3.59. The minimum Gasteiger partial charge on any atom is -0.379 e. The van der Waals surface area contributed by atoms with E-state index in [-0.39, 0.29) is 37.3 Å². The molecule has 0 aliphatic carbocycles. The largest absolute Gasteiger partial charge is 0.379 e. The predicted molar refractivity (Wildman–Crippen MR) is 124 cm³/mol. The number of hydrogen-bond donors (Lipinski definition) is 3. The average Bonchev–Trinajstić information content (AvgIpc) is 2.86. The normalized spacial score (nSPS) is 14.5. The fraction of sp³-hybridized carbons (Fsp3) is 0.455. The zero-order valence-electron chi connectivity index (χ0n) is 19.1. The maximum absolute atomic E-state index is 12.9. The molecule has 1 fully saturated rings. The Labute approximate surface area is 200 Å². The van der Waals surface area contributed by atoms with E-state index in [4.69, 9.17) is 15.4 Å². The van der Waals surface area contributed by atoms with Crippen molar-refractivity contribution in [1.82, 2.24) is 20.1 Å². The molecule has 186 valence electrons. The summed E-state index contributed by atoms with van der Waals surface area (Å²) >= 11 is 0. The molecule has 0 spiro atoms. The first kappa shape index (κ1) is 25.7. The smallest absolute Gasteiger partial charge is 0.280 e. The van der Waals surface area contributed by atoms with Crippen LogP contribution in [-0.4, -0.2) is 83.6 Å². The zero-order valence-corrected chi connectivity index (χ0v) is 19.1. The Bertz CT molecular complexity index is 1120. The second kappa shape index (κ2) is 12.0. The van der Waals surface area contributed by atoms with Gasteiger partial charge < -0.3 is 19.9 Å². The van der Waals surface area contributed by atoms with Gasteiger partial charge in [0.05, 0.1) is 42.6 Å². The summed E-state index contributed by atoms with van der Waals surface area (Å²) < 4.78 is 31.4. The van der Waals surface area contributed by atoms with E-state index in [9.17, 15) is 18.4 Å². The predicted octanol–water partition coefficient (Wildman–Crippen LogP) is 1.23. The number of aromatic amines is 1. The van der Waals surface area contributed by atoms with Crippen molar-refractivity contribution in [2.75, 3.05) is 49.6 Å². The number of carbonyl (C=O) groups is 1. The average molecular weight is 488 g/mol. The Balaban J connectivity index is 1.40. The van der Waals surface area contributed by atoms with Crippen molar-refractivity contribution >= 4 is 23.1 Å². The molecule has 1 aliphatic heterocycles. The van der Waals surface area contributed by atoms with Crippen molar-refractivity contribution < 1.29 is 18.3 Å². The molecule has 0 saturated carbocycles. The standard InChI is InChI=1S/C22H26F2N8O3/c1-14(29-16-12-28-30-22(34)19(16)20(26)21(23)24)13-35-9-4-18(33)32-7-5-31(6-8-32)17-3-2-15(10-25)11-27-17/h2-3,11-12,14,21,26H,4-9,13H2,1H3,(H2,29,30,34). The number of aromatic nitrogens is 3. The number of piperazine rings is 1. The molecule has 35 heavy (non-hydrogen) atoms. The molecule has 3 heterocycles. The lowest BCUT2D eigenvalue weighted by molar-refractivity contribution is -0.132. The van der Waals surface area contributed by atoms with Crippen LogP contribution in [0.2, 0.25) is 0 Å². The van der Waals surface area contributed by atoms with Crippen molar-refractivity contribution in [2.45, 2.75) is 25.8 Å². The quantitative estimate of drug-likeness (QED) is 0.334. The van der Waals surface area contributed by atoms with E-state index < -0.39 is 23.3 Å². The van der Waals surface area contributed by atoms with Gasteiger partial charge >= 0.3 is 0 Å². The van der Waals surface area contributed by atoms with E-state index >= 15 is 0 Å². The Morgan fingerprint density at radius 3 is 2.69 bits per heavy atom. The number of anilines is 2. The third-order valence-corrected chi connectivity index (χ3v) is 5.41. The summed E-state index contributed by atoms with van der Waals surface area (Å²) in [5.74, 6) is 0.730. The Morgan fingerprint density at radius 1 is 1.31 bits per heavy atom. The van der Waals surface area contributed by atoms with Gasteiger partial charge in [-0.25, -0.2) is 18.9 Å². The van der Waals surface area contributed by atoms with Crippen LogP contribution in [0.4, 0.5) is 20.3 Å². The van der Waals surface area contributed by atoms with Gasteiger partial charge in [0.1, 0.15) is 17.6 Å². The molecule has 11 nitrogen and oxygen atoms in total. The number of alkyl halides is 2. The van der Waals surface area contributed by atoms with Gasteiger partial charge in [-0.15, -0.1) is 0 Å². The van der Waals surface area contributed by atoms with Gasteiger partial charge in [-0.1, -0.05) is 0 Å². The first-order chi connectivity index (χ1) is 16.8. The van der Waals surface area contributed by atoms with Crippen LogP contribution in [0, 0.1) is 16.7 Å². The number of amides is 1. The molecule has 3 rings (SSSR count). The molecular formula is C22H26F2N8O3. The van der Waals surface area contributed by atoms with Crippen LogP contribution in [0.3, 0.4) is 0 Å². The molecule has 0 radical (unpaired) electrons. The number of rotatable bonds is 10. The Morgan fingerprint density at radius 2 is 2.06 bits per heavy atom. The molecular weight excluding hydrogens is 462 g/mol. The van der Waals surface area contributed by atoms with E-state index in [2.05, 4.69) is 25.4 Å². The number of nitrogens with zero attached hydrogens (tertiary/aromatic N) is 5. The SMILES string of the molecule is CC(COCCC(=O)N1CCN(c2ccc(C#N)cn2)CC1)Nc1cn[nH]c(=O)c1C(=N)C(F)F. The molecule has 1 amide bonds. The number of pyridine rings is 1. The van der Waals surface area contributed by atoms with Crippen LogP contribution >= 0.6 is 0 Å². The van der Waals surface area contributed by atoms with Crippen molar-refractivity contribution in [3.63, 3.8) is 0 Å². The van der Waals surface area contributed by atoms with Gasteiger partial charge in [0.25, 0.3) is 12.0 Å². The first-order valence-corrected chi connectivity index (χ1v) is 11.0. The zero-order chi connectivity index (χ0) is 25.4. The van der Waals surface area contributed by atoms with E-state index in [1.165, 1.54) is 12.4 Å². The number of H-pyrrole nitrogens is 1. The fourth-order valence-corrected chi connectivity index (χ4v) is 3.59. The first-order valence-electron chi connectivity index (χ1n) is 11.0. The summed E-state index contributed by atoms with van der Waals surface area (Å²) in [5.41, 5.74) is -1.93. The number of nitriles is 1. The van der Waals surface area contributed by atoms with Crippen LogP contribution in [0.1, 0.15) is 24.5 Å². The maximum Gasteiger partial charge on any atom is 0.280 e. The van der Waals surface area contributed by atoms with Crippen molar-refractivity contribution in [2.24, 2.45) is 0 Å². The molecule has 2 aromatic rings. The summed E-state index contributed by atoms with van der Waals surface area (Å²) in [6.45, 7) is 4.41. The topological polar surface area (TPSA) is 151 Å². The number of carbonyl (C=O) groups excluding carboxylic acids is 1. The molecule has 1 unspecified atom stereocenters. The van der Waals surface area contributed by atoms with Crippen molar-refractivity contribution in [3.8, 4) is 6.07 Å². The Kier molecular flexibility index (Phi) is 8.80. The summed E-state index contributed by atoms with van der Waals surface area (Å²) in [7, 11) is 0. The van der Waals surface area contributed by atoms with Crippen molar-refractivity contribution in [3.05, 3.63) is 46.0 Å². The third kappa shape index (κ3) is 6.80. The van der Waals surface area contributed by atoms with E-state index in [1.807, 2.05) is 6.07 Å². The summed E-state index contributed by atoms with van der Waals surface area (Å²) in [6.07, 6.45) is -0.217. The molecule has 1 atom stereocenters. The van der Waals surface area contributed by atoms with Gasteiger partial charge in [-0.2, -0.15) is 10.4 Å². The summed E-state index contributed by atoms with van der Waals surface area (Å²) in [4.78, 5) is 32.5. The van der Waals surface area contributed by atoms with Gasteiger partial charge in [-0.3, -0.25) is 15.0 Å². The Hall–Kier alpha value is -3.92. The van der Waals surface area contributed by atoms with Crippen LogP contribution in [0.5, 0.6) is 0 Å². The summed E-state index contributed by atoms with van der Waals surface area (Å²) in [6, 6.07) is 5.15. The number of hydrogen-bond acceptors (Lipinski definition) is 9. The molecule has 0 bridgehead atoms. The molecule has 3 N–H and O–H groups in total. The van der Waals surface area contributed by atoms with Crippen LogP contribution in [-0.2, 0) is 9.53 Å². The van der Waals surface area contributed by atoms with Gasteiger partial charge in [0.2, 0.25) is 5.91 Å². The van der Waals surface area contributed by atoms with Crippen molar-refractivity contribution in [1.29, 1.82) is 10.7 Å². The van der Waals surface area contributed by atoms with E-state index in [1.54, 1.807) is 24.0 Å². The lowest BCUT2D eigenvalue weighted by Crippen LogP contribution is -2.49. The highest BCUT2D eigenvalue weighted by Gasteiger charge is 2.23. The number of ether oxygens (including phenoxy) is 1. The lowest BCUT2D eigenvalue weighted by Gasteiger charge is -2.35. The minimum absolute atomic E-state index is 0.0147. The summed E-state index contributed by atoms with van der Waals surface area (Å²) in [5, 5.41) is 24.8. The number of nitrogens with one attached hydrogen (secondary N) is 3. The second-order valence-corrected chi connectivity index (χ2v) is 7.96. The monoisotopic (exact) mass is 488 g/mol. The number of halogens is 2. The molecule has 1 aliphatic rings. The third-order valence-electron chi connectivity index (χ3n) is 5.41. The lowest BCUT2D eigenvalue weighted by atomic mass is 10.1. The highest BCUT2D eigenvalue weighted by molar-refractivity contribution is 6.04. The minimum atomic E-state index is -3.10. The van der Waals surface area contributed by atoms with Gasteiger partial charge in [0, 0.05) is 38.4 Å². The highest BCUT2D eigenvalue weighted by atomic mass is 19.3. The molecule has 13 heteroatoms. The van der Waals surface area contributed by atoms with Gasteiger partial charge in [0.15, 0.2) is 0 Å². The van der Waals surface area contributed by atoms with E-state index in [0.717, 1.165) is 5.82 Å². The molecule has 2 aromatic heterocycles. The molecule has 1 saturated heterocycles.